The predicted molar refractivity (Wildman–Crippen MR) is 85.8 cm³/mol. The van der Waals surface area contributed by atoms with E-state index in [9.17, 15) is 4.79 Å². The Kier molecular flexibility index (Phi) is 4.00. The zero-order valence-electron chi connectivity index (χ0n) is 10.9. The standard InChI is InChI=1S/C15H8Cl3NO3/c16-9-5-11(18)14-12(6-9)19-15(22-14)8-2-1-7(4-13(20)21)10(17)3-8/h1-3,5-6H,4H2,(H,20,21). The number of carbonyl (C=O) groups is 1. The summed E-state index contributed by atoms with van der Waals surface area (Å²) in [7, 11) is 0. The van der Waals surface area contributed by atoms with E-state index in [0.29, 0.717) is 43.2 Å². The second kappa shape index (κ2) is 5.80. The lowest BCUT2D eigenvalue weighted by atomic mass is 10.1. The summed E-state index contributed by atoms with van der Waals surface area (Å²) in [5.74, 6) is -0.610. The number of benzene rings is 2. The van der Waals surface area contributed by atoms with Crippen LogP contribution >= 0.6 is 34.8 Å². The van der Waals surface area contributed by atoms with Crippen molar-refractivity contribution in [1.82, 2.24) is 4.98 Å². The van der Waals surface area contributed by atoms with Crippen LogP contribution in [0.3, 0.4) is 0 Å². The zero-order chi connectivity index (χ0) is 15.9. The normalized spacial score (nSPS) is 11.0. The number of carboxylic acids is 1. The quantitative estimate of drug-likeness (QED) is 0.710. The minimum Gasteiger partial charge on any atom is -0.481 e. The molecule has 1 aromatic heterocycles. The molecule has 0 radical (unpaired) electrons. The molecular formula is C15H8Cl3NO3. The van der Waals surface area contributed by atoms with Crippen LogP contribution in [0.4, 0.5) is 0 Å². The molecule has 0 aliphatic rings. The lowest BCUT2D eigenvalue weighted by molar-refractivity contribution is -0.136. The largest absolute Gasteiger partial charge is 0.481 e. The van der Waals surface area contributed by atoms with Gasteiger partial charge in [-0.2, -0.15) is 0 Å². The Bertz CT molecular complexity index is 889. The molecule has 0 bridgehead atoms. The molecule has 0 unspecified atom stereocenters. The average molecular weight is 357 g/mol. The molecule has 3 aromatic rings. The first kappa shape index (κ1) is 15.2. The second-order valence-corrected chi connectivity index (χ2v) is 5.88. The number of rotatable bonds is 3. The van der Waals surface area contributed by atoms with E-state index in [-0.39, 0.29) is 6.42 Å². The summed E-state index contributed by atoms with van der Waals surface area (Å²) >= 11 is 18.1. The van der Waals surface area contributed by atoms with Crippen LogP contribution in [-0.4, -0.2) is 16.1 Å². The van der Waals surface area contributed by atoms with Crippen molar-refractivity contribution in [3.63, 3.8) is 0 Å². The highest BCUT2D eigenvalue weighted by molar-refractivity contribution is 6.38. The van der Waals surface area contributed by atoms with E-state index in [1.807, 2.05) is 0 Å². The first-order valence-corrected chi connectivity index (χ1v) is 7.33. The van der Waals surface area contributed by atoms with E-state index >= 15 is 0 Å². The number of hydrogen-bond donors (Lipinski definition) is 1. The molecule has 0 aliphatic heterocycles. The third kappa shape index (κ3) is 2.90. The Morgan fingerprint density at radius 2 is 1.91 bits per heavy atom. The van der Waals surface area contributed by atoms with Crippen molar-refractivity contribution in [2.75, 3.05) is 0 Å². The molecule has 7 heteroatoms. The zero-order valence-corrected chi connectivity index (χ0v) is 13.2. The molecule has 112 valence electrons. The van der Waals surface area contributed by atoms with Crippen LogP contribution < -0.4 is 0 Å². The molecule has 0 aliphatic carbocycles. The number of nitrogens with zero attached hydrogens (tertiary/aromatic N) is 1. The first-order chi connectivity index (χ1) is 10.4. The average Bonchev–Trinajstić information content (AvgIpc) is 2.84. The van der Waals surface area contributed by atoms with Crippen LogP contribution in [0.1, 0.15) is 5.56 Å². The Hall–Kier alpha value is -1.75. The lowest BCUT2D eigenvalue weighted by Crippen LogP contribution is -2.00. The van der Waals surface area contributed by atoms with E-state index in [0.717, 1.165) is 0 Å². The molecule has 22 heavy (non-hydrogen) atoms. The summed E-state index contributed by atoms with van der Waals surface area (Å²) in [5.41, 5.74) is 2.13. The van der Waals surface area contributed by atoms with Crippen molar-refractivity contribution in [1.29, 1.82) is 0 Å². The summed E-state index contributed by atoms with van der Waals surface area (Å²) in [6.07, 6.45) is -0.145. The minimum atomic E-state index is -0.946. The molecule has 0 saturated heterocycles. The highest BCUT2D eigenvalue weighted by Gasteiger charge is 2.14. The third-order valence-electron chi connectivity index (χ3n) is 3.05. The summed E-state index contributed by atoms with van der Waals surface area (Å²) in [5, 5.41) is 9.99. The molecular weight excluding hydrogens is 349 g/mol. The lowest BCUT2D eigenvalue weighted by Gasteiger charge is -2.02. The van der Waals surface area contributed by atoms with Gasteiger partial charge in [-0.1, -0.05) is 40.9 Å². The fourth-order valence-corrected chi connectivity index (χ4v) is 2.84. The second-order valence-electron chi connectivity index (χ2n) is 4.63. The number of aromatic nitrogens is 1. The Balaban J connectivity index is 2.06. The molecule has 0 amide bonds. The maximum absolute atomic E-state index is 10.7. The molecule has 4 nitrogen and oxygen atoms in total. The smallest absolute Gasteiger partial charge is 0.307 e. The number of hydrogen-bond acceptors (Lipinski definition) is 3. The highest BCUT2D eigenvalue weighted by Crippen LogP contribution is 2.33. The fraction of sp³-hybridized carbons (Fsp3) is 0.0667. The van der Waals surface area contributed by atoms with Gasteiger partial charge >= 0.3 is 5.97 Å². The van der Waals surface area contributed by atoms with Gasteiger partial charge < -0.3 is 9.52 Å². The highest BCUT2D eigenvalue weighted by atomic mass is 35.5. The SMILES string of the molecule is O=C(O)Cc1ccc(-c2nc3cc(Cl)cc(Cl)c3o2)cc1Cl. The van der Waals surface area contributed by atoms with Gasteiger partial charge in [-0.25, -0.2) is 4.98 Å². The molecule has 2 aromatic carbocycles. The summed E-state index contributed by atoms with van der Waals surface area (Å²) < 4.78 is 5.64. The number of aliphatic carboxylic acids is 1. The molecule has 3 rings (SSSR count). The minimum absolute atomic E-state index is 0.145. The van der Waals surface area contributed by atoms with Crippen molar-refractivity contribution >= 4 is 51.9 Å². The Morgan fingerprint density at radius 1 is 1.14 bits per heavy atom. The van der Waals surface area contributed by atoms with Crippen molar-refractivity contribution in [3.05, 3.63) is 51.0 Å². The van der Waals surface area contributed by atoms with Gasteiger partial charge in [0.2, 0.25) is 5.89 Å². The Labute approximate surface area is 140 Å². The summed E-state index contributed by atoms with van der Waals surface area (Å²) in [6.45, 7) is 0. The van der Waals surface area contributed by atoms with Gasteiger partial charge in [-0.3, -0.25) is 4.79 Å². The van der Waals surface area contributed by atoms with Gasteiger partial charge in [0, 0.05) is 15.6 Å². The summed E-state index contributed by atoms with van der Waals surface area (Å²) in [4.78, 5) is 15.1. The first-order valence-electron chi connectivity index (χ1n) is 6.20. The van der Waals surface area contributed by atoms with Crippen LogP contribution in [0.25, 0.3) is 22.6 Å². The molecule has 0 atom stereocenters. The van der Waals surface area contributed by atoms with Crippen LogP contribution in [-0.2, 0) is 11.2 Å². The number of carboxylic acid groups (broad SMARTS) is 1. The van der Waals surface area contributed by atoms with E-state index in [1.54, 1.807) is 30.3 Å². The number of fused-ring (bicyclic) bond motifs is 1. The molecule has 0 spiro atoms. The van der Waals surface area contributed by atoms with Gasteiger partial charge in [0.05, 0.1) is 11.4 Å². The van der Waals surface area contributed by atoms with Crippen LogP contribution in [0.15, 0.2) is 34.7 Å². The van der Waals surface area contributed by atoms with Gasteiger partial charge in [0.25, 0.3) is 0 Å². The van der Waals surface area contributed by atoms with Crippen molar-refractivity contribution < 1.29 is 14.3 Å². The predicted octanol–water partition coefficient (Wildman–Crippen LogP) is 5.08. The van der Waals surface area contributed by atoms with Crippen LogP contribution in [0.5, 0.6) is 0 Å². The van der Waals surface area contributed by atoms with Crippen molar-refractivity contribution in [2.24, 2.45) is 0 Å². The van der Waals surface area contributed by atoms with Crippen molar-refractivity contribution in [2.45, 2.75) is 6.42 Å². The van der Waals surface area contributed by atoms with Gasteiger partial charge in [-0.15, -0.1) is 0 Å². The molecule has 0 saturated carbocycles. The van der Waals surface area contributed by atoms with E-state index < -0.39 is 5.97 Å². The molecule has 1 heterocycles. The maximum atomic E-state index is 10.7. The van der Waals surface area contributed by atoms with Crippen LogP contribution in [0.2, 0.25) is 15.1 Å². The van der Waals surface area contributed by atoms with Gasteiger partial charge in [-0.05, 0) is 29.8 Å². The molecule has 0 fully saturated rings. The topological polar surface area (TPSA) is 63.3 Å². The third-order valence-corrected chi connectivity index (χ3v) is 3.90. The fourth-order valence-electron chi connectivity index (χ4n) is 2.07. The maximum Gasteiger partial charge on any atom is 0.307 e. The van der Waals surface area contributed by atoms with Crippen molar-refractivity contribution in [3.8, 4) is 11.5 Å². The van der Waals surface area contributed by atoms with E-state index in [2.05, 4.69) is 4.98 Å². The van der Waals surface area contributed by atoms with Gasteiger partial charge in [0.15, 0.2) is 5.58 Å². The van der Waals surface area contributed by atoms with Gasteiger partial charge in [0.1, 0.15) is 5.52 Å². The number of oxazole rings is 1. The van der Waals surface area contributed by atoms with Crippen LogP contribution in [0, 0.1) is 0 Å². The molecule has 1 N–H and O–H groups in total. The number of halogens is 3. The summed E-state index contributed by atoms with van der Waals surface area (Å²) in [6, 6.07) is 8.17. The Morgan fingerprint density at radius 3 is 2.59 bits per heavy atom. The van der Waals surface area contributed by atoms with E-state index in [4.69, 9.17) is 44.3 Å². The monoisotopic (exact) mass is 355 g/mol. The van der Waals surface area contributed by atoms with E-state index in [1.165, 1.54) is 0 Å².